The Labute approximate surface area is 134 Å². The Morgan fingerprint density at radius 3 is 2.96 bits per heavy atom. The lowest BCUT2D eigenvalue weighted by Crippen LogP contribution is -2.37. The molecule has 1 aliphatic heterocycles. The maximum Gasteiger partial charge on any atom is 0.306 e. The molecule has 0 amide bonds. The van der Waals surface area contributed by atoms with Gasteiger partial charge in [0.1, 0.15) is 5.60 Å². The minimum atomic E-state index is -0.873. The van der Waals surface area contributed by atoms with E-state index in [1.165, 1.54) is 0 Å². The number of hydrogen-bond acceptors (Lipinski definition) is 3. The van der Waals surface area contributed by atoms with Gasteiger partial charge >= 0.3 is 5.97 Å². The SMILES string of the molecule is CCCC1(CC(=O)O)OCCc2c1[nH]c1c(C)ccc(C#N)c21. The molecule has 2 N–H and O–H groups in total. The predicted molar refractivity (Wildman–Crippen MR) is 86.2 cm³/mol. The molecule has 0 bridgehead atoms. The zero-order chi connectivity index (χ0) is 16.6. The van der Waals surface area contributed by atoms with Crippen LogP contribution in [0.3, 0.4) is 0 Å². The molecule has 2 aromatic rings. The van der Waals surface area contributed by atoms with Crippen molar-refractivity contribution in [3.05, 3.63) is 34.5 Å². The fourth-order valence-corrected chi connectivity index (χ4v) is 3.73. The van der Waals surface area contributed by atoms with Gasteiger partial charge in [-0.15, -0.1) is 0 Å². The molecule has 0 spiro atoms. The third-order valence-electron chi connectivity index (χ3n) is 4.66. The van der Waals surface area contributed by atoms with Crippen molar-refractivity contribution >= 4 is 16.9 Å². The molecule has 1 aliphatic rings. The fraction of sp³-hybridized carbons (Fsp3) is 0.444. The van der Waals surface area contributed by atoms with Crippen molar-refractivity contribution in [2.24, 2.45) is 0 Å². The average molecular weight is 312 g/mol. The summed E-state index contributed by atoms with van der Waals surface area (Å²) in [6.45, 7) is 4.49. The van der Waals surface area contributed by atoms with Crippen molar-refractivity contribution in [3.8, 4) is 6.07 Å². The number of carboxylic acid groups (broad SMARTS) is 1. The van der Waals surface area contributed by atoms with Crippen LogP contribution in [0.2, 0.25) is 0 Å². The number of aromatic amines is 1. The van der Waals surface area contributed by atoms with Crippen molar-refractivity contribution in [2.45, 2.75) is 45.1 Å². The summed E-state index contributed by atoms with van der Waals surface area (Å²) in [4.78, 5) is 14.8. The molecule has 23 heavy (non-hydrogen) atoms. The molecule has 5 heteroatoms. The first-order valence-electron chi connectivity index (χ1n) is 7.93. The molecule has 1 unspecified atom stereocenters. The molecule has 5 nitrogen and oxygen atoms in total. The van der Waals surface area contributed by atoms with Crippen LogP contribution in [0, 0.1) is 18.3 Å². The van der Waals surface area contributed by atoms with Gasteiger partial charge in [0.05, 0.1) is 35.9 Å². The van der Waals surface area contributed by atoms with Crippen molar-refractivity contribution in [1.82, 2.24) is 4.98 Å². The number of aromatic nitrogens is 1. The van der Waals surface area contributed by atoms with E-state index in [0.29, 0.717) is 25.0 Å². The number of carboxylic acids is 1. The highest BCUT2D eigenvalue weighted by Crippen LogP contribution is 2.43. The fourth-order valence-electron chi connectivity index (χ4n) is 3.73. The van der Waals surface area contributed by atoms with E-state index < -0.39 is 11.6 Å². The number of hydrogen-bond donors (Lipinski definition) is 2. The highest BCUT2D eigenvalue weighted by atomic mass is 16.5. The van der Waals surface area contributed by atoms with E-state index in [2.05, 4.69) is 11.1 Å². The van der Waals surface area contributed by atoms with Gasteiger partial charge in [-0.05, 0) is 37.0 Å². The van der Waals surface area contributed by atoms with E-state index in [4.69, 9.17) is 4.74 Å². The van der Waals surface area contributed by atoms with Crippen molar-refractivity contribution < 1.29 is 14.6 Å². The van der Waals surface area contributed by atoms with E-state index in [0.717, 1.165) is 34.1 Å². The second-order valence-electron chi connectivity index (χ2n) is 6.18. The molecule has 1 atom stereocenters. The molecule has 1 aromatic carbocycles. The van der Waals surface area contributed by atoms with E-state index in [1.54, 1.807) is 0 Å². The van der Waals surface area contributed by atoms with Gasteiger partial charge in [0.15, 0.2) is 0 Å². The molecule has 3 rings (SSSR count). The highest BCUT2D eigenvalue weighted by Gasteiger charge is 2.42. The molecular weight excluding hydrogens is 292 g/mol. The van der Waals surface area contributed by atoms with Gasteiger partial charge in [-0.2, -0.15) is 5.26 Å². The second-order valence-corrected chi connectivity index (χ2v) is 6.18. The Kier molecular flexibility index (Phi) is 3.87. The number of ether oxygens (including phenoxy) is 1. The lowest BCUT2D eigenvalue weighted by Gasteiger charge is -2.36. The number of nitrogens with one attached hydrogen (secondary N) is 1. The Bertz CT molecular complexity index is 816. The van der Waals surface area contributed by atoms with Crippen LogP contribution in [0.5, 0.6) is 0 Å². The standard InChI is InChI=1S/C18H20N2O3/c1-3-7-18(9-14(21)22)17-13(6-8-23-18)15-12(10-19)5-4-11(2)16(15)20-17/h4-5,20H,3,6-9H2,1-2H3,(H,21,22). The number of H-pyrrole nitrogens is 1. The van der Waals surface area contributed by atoms with Crippen LogP contribution >= 0.6 is 0 Å². The van der Waals surface area contributed by atoms with Crippen molar-refractivity contribution in [3.63, 3.8) is 0 Å². The molecule has 2 heterocycles. The molecule has 0 radical (unpaired) electrons. The van der Waals surface area contributed by atoms with Crippen LogP contribution in [0.1, 0.15) is 48.6 Å². The second kappa shape index (κ2) is 5.71. The number of aryl methyl sites for hydroxylation is 1. The first kappa shape index (κ1) is 15.6. The van der Waals surface area contributed by atoms with Gasteiger partial charge in [-0.25, -0.2) is 0 Å². The zero-order valence-corrected chi connectivity index (χ0v) is 13.4. The molecule has 120 valence electrons. The summed E-state index contributed by atoms with van der Waals surface area (Å²) in [5.41, 5.74) is 3.66. The Morgan fingerprint density at radius 1 is 1.52 bits per heavy atom. The van der Waals surface area contributed by atoms with Crippen LogP contribution in [0.25, 0.3) is 10.9 Å². The number of nitrogens with zero attached hydrogens (tertiary/aromatic N) is 1. The topological polar surface area (TPSA) is 86.1 Å². The molecule has 1 aromatic heterocycles. The van der Waals surface area contributed by atoms with E-state index in [-0.39, 0.29) is 6.42 Å². The number of fused-ring (bicyclic) bond motifs is 3. The predicted octanol–water partition coefficient (Wildman–Crippen LogP) is 3.39. The molecule has 0 saturated carbocycles. The van der Waals surface area contributed by atoms with Crippen LogP contribution in [-0.4, -0.2) is 22.7 Å². The highest BCUT2D eigenvalue weighted by molar-refractivity contribution is 5.93. The minimum absolute atomic E-state index is 0.0679. The van der Waals surface area contributed by atoms with Crippen LogP contribution < -0.4 is 0 Å². The molecular formula is C18H20N2O3. The lowest BCUT2D eigenvalue weighted by molar-refractivity contribution is -0.149. The van der Waals surface area contributed by atoms with E-state index >= 15 is 0 Å². The summed E-state index contributed by atoms with van der Waals surface area (Å²) in [6, 6.07) is 6.01. The van der Waals surface area contributed by atoms with Gasteiger partial charge in [0, 0.05) is 5.39 Å². The first-order chi connectivity index (χ1) is 11.0. The minimum Gasteiger partial charge on any atom is -0.481 e. The normalized spacial score (nSPS) is 20.2. The zero-order valence-electron chi connectivity index (χ0n) is 13.4. The molecule has 0 saturated heterocycles. The van der Waals surface area contributed by atoms with Crippen LogP contribution in [-0.2, 0) is 21.6 Å². The van der Waals surface area contributed by atoms with Crippen molar-refractivity contribution in [2.75, 3.05) is 6.61 Å². The summed E-state index contributed by atoms with van der Waals surface area (Å²) in [5.74, 6) is -0.873. The summed E-state index contributed by atoms with van der Waals surface area (Å²) < 4.78 is 5.99. The van der Waals surface area contributed by atoms with E-state index in [1.807, 2.05) is 26.0 Å². The lowest BCUT2D eigenvalue weighted by atomic mass is 9.84. The van der Waals surface area contributed by atoms with E-state index in [9.17, 15) is 15.2 Å². The third kappa shape index (κ3) is 2.40. The monoisotopic (exact) mass is 312 g/mol. The molecule has 0 fully saturated rings. The van der Waals surface area contributed by atoms with Gasteiger partial charge < -0.3 is 14.8 Å². The van der Waals surface area contributed by atoms with Crippen molar-refractivity contribution in [1.29, 1.82) is 5.26 Å². The quantitative estimate of drug-likeness (QED) is 0.906. The Hall–Kier alpha value is -2.32. The number of carbonyl (C=O) groups is 1. The third-order valence-corrected chi connectivity index (χ3v) is 4.66. The average Bonchev–Trinajstić information content (AvgIpc) is 2.90. The Morgan fingerprint density at radius 2 is 2.30 bits per heavy atom. The van der Waals surface area contributed by atoms with Crippen LogP contribution in [0.15, 0.2) is 12.1 Å². The number of aliphatic carboxylic acids is 1. The van der Waals surface area contributed by atoms with Gasteiger partial charge in [0.25, 0.3) is 0 Å². The van der Waals surface area contributed by atoms with Gasteiger partial charge in [-0.3, -0.25) is 4.79 Å². The number of benzene rings is 1. The molecule has 0 aliphatic carbocycles. The summed E-state index contributed by atoms with van der Waals surface area (Å²) in [7, 11) is 0. The smallest absolute Gasteiger partial charge is 0.306 e. The number of rotatable bonds is 4. The van der Waals surface area contributed by atoms with Crippen LogP contribution in [0.4, 0.5) is 0 Å². The largest absolute Gasteiger partial charge is 0.481 e. The summed E-state index contributed by atoms with van der Waals surface area (Å²) in [5, 5.41) is 19.7. The summed E-state index contributed by atoms with van der Waals surface area (Å²) >= 11 is 0. The first-order valence-corrected chi connectivity index (χ1v) is 7.93. The Balaban J connectivity index is 2.30. The maximum atomic E-state index is 11.4. The van der Waals surface area contributed by atoms with Gasteiger partial charge in [-0.1, -0.05) is 19.4 Å². The summed E-state index contributed by atoms with van der Waals surface area (Å²) in [6.07, 6.45) is 2.09. The number of nitriles is 1. The maximum absolute atomic E-state index is 11.4. The van der Waals surface area contributed by atoms with Gasteiger partial charge in [0.2, 0.25) is 0 Å².